The first kappa shape index (κ1) is 19.1. The molecule has 0 saturated carbocycles. The minimum atomic E-state index is -0.414. The predicted octanol–water partition coefficient (Wildman–Crippen LogP) is 4.48. The molecule has 142 valence electrons. The number of ether oxygens (including phenoxy) is 1. The number of methoxy groups -OCH3 is 1. The van der Waals surface area contributed by atoms with Crippen LogP contribution < -0.4 is 10.6 Å². The van der Waals surface area contributed by atoms with Crippen LogP contribution in [0.25, 0.3) is 0 Å². The second kappa shape index (κ2) is 8.35. The minimum absolute atomic E-state index is 0.247. The number of aromatic nitrogens is 1. The number of rotatable bonds is 5. The Labute approximate surface area is 163 Å². The highest BCUT2D eigenvalue weighted by atomic mass is 16.5. The van der Waals surface area contributed by atoms with E-state index in [0.29, 0.717) is 22.5 Å². The van der Waals surface area contributed by atoms with E-state index in [0.717, 1.165) is 11.3 Å². The van der Waals surface area contributed by atoms with Crippen molar-refractivity contribution in [3.8, 4) is 0 Å². The zero-order valence-corrected chi connectivity index (χ0v) is 15.9. The molecule has 0 aliphatic heterocycles. The summed E-state index contributed by atoms with van der Waals surface area (Å²) in [5.41, 5.74) is 5.19. The standard InChI is InChI=1S/C22H21N3O3/c1-14-7-8-19(9-15(14)2)25-21(26)17-11-20(13-23-12-17)24-18-6-4-5-16(10-18)22(27)28-3/h4-13,24H,1-3H3,(H,25,26). The Bertz CT molecular complexity index is 1030. The van der Waals surface area contributed by atoms with Crippen molar-refractivity contribution in [3.05, 3.63) is 83.2 Å². The van der Waals surface area contributed by atoms with Gasteiger partial charge in [0, 0.05) is 17.6 Å². The van der Waals surface area contributed by atoms with Crippen LogP contribution in [0.4, 0.5) is 17.1 Å². The topological polar surface area (TPSA) is 80.3 Å². The first-order valence-electron chi connectivity index (χ1n) is 8.75. The lowest BCUT2D eigenvalue weighted by Crippen LogP contribution is -2.12. The van der Waals surface area contributed by atoms with Gasteiger partial charge in [-0.05, 0) is 61.4 Å². The number of pyridine rings is 1. The Balaban J connectivity index is 1.75. The number of carbonyl (C=O) groups is 2. The molecule has 0 aliphatic carbocycles. The van der Waals surface area contributed by atoms with Gasteiger partial charge < -0.3 is 15.4 Å². The van der Waals surface area contributed by atoms with E-state index >= 15 is 0 Å². The van der Waals surface area contributed by atoms with Gasteiger partial charge in [-0.1, -0.05) is 12.1 Å². The Hall–Kier alpha value is -3.67. The number of esters is 1. The van der Waals surface area contributed by atoms with Crippen LogP contribution in [0.3, 0.4) is 0 Å². The van der Waals surface area contributed by atoms with E-state index in [1.807, 2.05) is 38.1 Å². The number of nitrogens with zero attached hydrogens (tertiary/aromatic N) is 1. The molecule has 0 unspecified atom stereocenters. The fourth-order valence-corrected chi connectivity index (χ4v) is 2.66. The molecule has 1 heterocycles. The maximum atomic E-state index is 12.6. The molecule has 6 nitrogen and oxygen atoms in total. The van der Waals surface area contributed by atoms with E-state index in [1.54, 1.807) is 30.5 Å². The number of benzene rings is 2. The molecule has 0 atom stereocenters. The second-order valence-electron chi connectivity index (χ2n) is 6.41. The molecule has 1 aromatic heterocycles. The third kappa shape index (κ3) is 4.54. The molecule has 0 radical (unpaired) electrons. The summed E-state index contributed by atoms with van der Waals surface area (Å²) in [5, 5.41) is 6.03. The van der Waals surface area contributed by atoms with Crippen molar-refractivity contribution in [1.29, 1.82) is 0 Å². The number of anilines is 3. The molecule has 0 bridgehead atoms. The van der Waals surface area contributed by atoms with Gasteiger partial charge in [0.2, 0.25) is 0 Å². The lowest BCUT2D eigenvalue weighted by Gasteiger charge is -2.10. The van der Waals surface area contributed by atoms with E-state index in [-0.39, 0.29) is 5.91 Å². The van der Waals surface area contributed by atoms with E-state index in [2.05, 4.69) is 15.6 Å². The molecule has 0 aliphatic rings. The van der Waals surface area contributed by atoms with E-state index < -0.39 is 5.97 Å². The molecule has 0 fully saturated rings. The van der Waals surface area contributed by atoms with Crippen LogP contribution in [-0.2, 0) is 4.74 Å². The lowest BCUT2D eigenvalue weighted by atomic mass is 10.1. The number of carbonyl (C=O) groups excluding carboxylic acids is 2. The van der Waals surface area contributed by atoms with Crippen LogP contribution in [0.5, 0.6) is 0 Å². The van der Waals surface area contributed by atoms with Crippen molar-refractivity contribution in [2.24, 2.45) is 0 Å². The third-order valence-electron chi connectivity index (χ3n) is 4.34. The molecule has 1 amide bonds. The normalized spacial score (nSPS) is 10.2. The highest BCUT2D eigenvalue weighted by molar-refractivity contribution is 6.04. The summed E-state index contributed by atoms with van der Waals surface area (Å²) in [6.07, 6.45) is 3.12. The van der Waals surface area contributed by atoms with Gasteiger partial charge in [0.15, 0.2) is 0 Å². The molecular formula is C22H21N3O3. The molecule has 2 N–H and O–H groups in total. The summed E-state index contributed by atoms with van der Waals surface area (Å²) in [6.45, 7) is 4.02. The molecule has 0 saturated heterocycles. The van der Waals surface area contributed by atoms with Crippen LogP contribution in [-0.4, -0.2) is 24.0 Å². The Morgan fingerprint density at radius 1 is 0.857 bits per heavy atom. The fraction of sp³-hybridized carbons (Fsp3) is 0.136. The van der Waals surface area contributed by atoms with Crippen molar-refractivity contribution in [1.82, 2.24) is 4.98 Å². The van der Waals surface area contributed by atoms with Crippen molar-refractivity contribution in [2.45, 2.75) is 13.8 Å². The molecule has 0 spiro atoms. The number of amides is 1. The van der Waals surface area contributed by atoms with Gasteiger partial charge in [0.1, 0.15) is 0 Å². The maximum absolute atomic E-state index is 12.6. The molecule has 28 heavy (non-hydrogen) atoms. The fourth-order valence-electron chi connectivity index (χ4n) is 2.66. The van der Waals surface area contributed by atoms with Crippen LogP contribution >= 0.6 is 0 Å². The third-order valence-corrected chi connectivity index (χ3v) is 4.34. The van der Waals surface area contributed by atoms with Crippen LogP contribution in [0.2, 0.25) is 0 Å². The largest absolute Gasteiger partial charge is 0.465 e. The van der Waals surface area contributed by atoms with Gasteiger partial charge in [-0.15, -0.1) is 0 Å². The van der Waals surface area contributed by atoms with Gasteiger partial charge in [0.25, 0.3) is 5.91 Å². The number of hydrogen-bond donors (Lipinski definition) is 2. The van der Waals surface area contributed by atoms with Crippen LogP contribution in [0.1, 0.15) is 31.8 Å². The molecule has 3 rings (SSSR count). The highest BCUT2D eigenvalue weighted by Crippen LogP contribution is 2.20. The zero-order chi connectivity index (χ0) is 20.1. The predicted molar refractivity (Wildman–Crippen MR) is 109 cm³/mol. The Morgan fingerprint density at radius 3 is 2.39 bits per heavy atom. The van der Waals surface area contributed by atoms with Gasteiger partial charge >= 0.3 is 5.97 Å². The first-order valence-corrected chi connectivity index (χ1v) is 8.75. The van der Waals surface area contributed by atoms with Gasteiger partial charge in [0.05, 0.1) is 30.1 Å². The summed E-state index contributed by atoms with van der Waals surface area (Å²) in [5.74, 6) is -0.661. The SMILES string of the molecule is COC(=O)c1cccc(Nc2cncc(C(=O)Nc3ccc(C)c(C)c3)c2)c1. The zero-order valence-electron chi connectivity index (χ0n) is 15.9. The van der Waals surface area contributed by atoms with Gasteiger partial charge in [-0.2, -0.15) is 0 Å². The van der Waals surface area contributed by atoms with Crippen molar-refractivity contribution in [3.63, 3.8) is 0 Å². The Kier molecular flexibility index (Phi) is 5.69. The summed E-state index contributed by atoms with van der Waals surface area (Å²) < 4.78 is 4.73. The quantitative estimate of drug-likeness (QED) is 0.643. The van der Waals surface area contributed by atoms with Gasteiger partial charge in [-0.3, -0.25) is 9.78 Å². The summed E-state index contributed by atoms with van der Waals surface area (Å²) >= 11 is 0. The summed E-state index contributed by atoms with van der Waals surface area (Å²) in [4.78, 5) is 28.4. The second-order valence-corrected chi connectivity index (χ2v) is 6.41. The van der Waals surface area contributed by atoms with E-state index in [9.17, 15) is 9.59 Å². The van der Waals surface area contributed by atoms with E-state index in [4.69, 9.17) is 4.74 Å². The average molecular weight is 375 g/mol. The maximum Gasteiger partial charge on any atom is 0.337 e. The van der Waals surface area contributed by atoms with E-state index in [1.165, 1.54) is 18.9 Å². The molecular weight excluding hydrogens is 354 g/mol. The number of nitrogens with one attached hydrogen (secondary N) is 2. The van der Waals surface area contributed by atoms with Crippen molar-refractivity contribution >= 4 is 28.9 Å². The van der Waals surface area contributed by atoms with Crippen molar-refractivity contribution in [2.75, 3.05) is 17.7 Å². The average Bonchev–Trinajstić information content (AvgIpc) is 2.70. The molecule has 6 heteroatoms. The van der Waals surface area contributed by atoms with Crippen molar-refractivity contribution < 1.29 is 14.3 Å². The van der Waals surface area contributed by atoms with Gasteiger partial charge in [-0.25, -0.2) is 4.79 Å². The van der Waals surface area contributed by atoms with Crippen LogP contribution in [0, 0.1) is 13.8 Å². The van der Waals surface area contributed by atoms with Crippen LogP contribution in [0.15, 0.2) is 60.9 Å². The lowest BCUT2D eigenvalue weighted by molar-refractivity contribution is 0.0600. The summed E-state index contributed by atoms with van der Waals surface area (Å²) in [6, 6.07) is 14.4. The summed E-state index contributed by atoms with van der Waals surface area (Å²) in [7, 11) is 1.34. The minimum Gasteiger partial charge on any atom is -0.465 e. The highest BCUT2D eigenvalue weighted by Gasteiger charge is 2.10. The molecule has 3 aromatic rings. The number of aryl methyl sites for hydroxylation is 2. The first-order chi connectivity index (χ1) is 13.5. The smallest absolute Gasteiger partial charge is 0.337 e. The number of hydrogen-bond acceptors (Lipinski definition) is 5. The molecule has 2 aromatic carbocycles. The monoisotopic (exact) mass is 375 g/mol. The Morgan fingerprint density at radius 2 is 1.64 bits per heavy atom.